The minimum Gasteiger partial charge on any atom is -0.481 e. The van der Waals surface area contributed by atoms with Gasteiger partial charge in [0.2, 0.25) is 5.88 Å². The molecule has 3 nitrogen and oxygen atoms in total. The van der Waals surface area contributed by atoms with Crippen molar-refractivity contribution in [2.24, 2.45) is 0 Å². The Morgan fingerprint density at radius 2 is 2.13 bits per heavy atom. The standard InChI is InChI=1S/C12H13NO2/c1-15-11-6-5-9-3-2-4-10(7-8-14)12(9)13-11/h2-6,14H,7-8H2,1H3. The van der Waals surface area contributed by atoms with E-state index in [9.17, 15) is 0 Å². The molecule has 0 saturated heterocycles. The summed E-state index contributed by atoms with van der Waals surface area (Å²) in [5, 5.41) is 10.0. The number of aromatic nitrogens is 1. The SMILES string of the molecule is COc1ccc2cccc(CCO)c2n1. The number of aliphatic hydroxyl groups is 1. The van der Waals surface area contributed by atoms with E-state index in [0.29, 0.717) is 12.3 Å². The Morgan fingerprint density at radius 3 is 2.87 bits per heavy atom. The van der Waals surface area contributed by atoms with Crippen LogP contribution in [0.25, 0.3) is 10.9 Å². The summed E-state index contributed by atoms with van der Waals surface area (Å²) in [5.41, 5.74) is 1.96. The van der Waals surface area contributed by atoms with Gasteiger partial charge in [0, 0.05) is 18.1 Å². The maximum Gasteiger partial charge on any atom is 0.213 e. The third-order valence-electron chi connectivity index (χ3n) is 2.37. The van der Waals surface area contributed by atoms with Crippen LogP contribution in [0, 0.1) is 0 Å². The van der Waals surface area contributed by atoms with Gasteiger partial charge in [-0.25, -0.2) is 4.98 Å². The summed E-state index contributed by atoms with van der Waals surface area (Å²) in [5.74, 6) is 0.605. The van der Waals surface area contributed by atoms with E-state index in [0.717, 1.165) is 16.5 Å². The fraction of sp³-hybridized carbons (Fsp3) is 0.250. The second-order valence-corrected chi connectivity index (χ2v) is 3.32. The van der Waals surface area contributed by atoms with E-state index >= 15 is 0 Å². The van der Waals surface area contributed by atoms with Crippen molar-refractivity contribution in [3.8, 4) is 5.88 Å². The molecule has 0 atom stereocenters. The molecule has 78 valence electrons. The molecule has 0 aliphatic heterocycles. The van der Waals surface area contributed by atoms with Crippen molar-refractivity contribution >= 4 is 10.9 Å². The van der Waals surface area contributed by atoms with Crippen molar-refractivity contribution in [3.63, 3.8) is 0 Å². The van der Waals surface area contributed by atoms with Crippen LogP contribution in [0.15, 0.2) is 30.3 Å². The second kappa shape index (κ2) is 4.28. The first-order chi connectivity index (χ1) is 7.35. The van der Waals surface area contributed by atoms with Crippen LogP contribution in [0.1, 0.15) is 5.56 Å². The summed E-state index contributed by atoms with van der Waals surface area (Å²) in [6.07, 6.45) is 0.623. The first-order valence-corrected chi connectivity index (χ1v) is 4.88. The Balaban J connectivity index is 2.59. The molecule has 1 heterocycles. The lowest BCUT2D eigenvalue weighted by Gasteiger charge is -2.05. The number of para-hydroxylation sites is 1. The maximum absolute atomic E-state index is 8.95. The van der Waals surface area contributed by atoms with Gasteiger partial charge >= 0.3 is 0 Å². The highest BCUT2D eigenvalue weighted by Crippen LogP contribution is 2.20. The van der Waals surface area contributed by atoms with Crippen molar-refractivity contribution in [2.75, 3.05) is 13.7 Å². The molecule has 1 aromatic carbocycles. The van der Waals surface area contributed by atoms with E-state index in [1.807, 2.05) is 30.3 Å². The molecule has 15 heavy (non-hydrogen) atoms. The van der Waals surface area contributed by atoms with Crippen molar-refractivity contribution in [1.82, 2.24) is 4.98 Å². The van der Waals surface area contributed by atoms with Crippen molar-refractivity contribution < 1.29 is 9.84 Å². The molecule has 2 rings (SSSR count). The van der Waals surface area contributed by atoms with Gasteiger partial charge in [0.05, 0.1) is 12.6 Å². The van der Waals surface area contributed by atoms with Crippen molar-refractivity contribution in [3.05, 3.63) is 35.9 Å². The number of rotatable bonds is 3. The van der Waals surface area contributed by atoms with E-state index in [1.165, 1.54) is 0 Å². The molecular formula is C12H13NO2. The van der Waals surface area contributed by atoms with E-state index in [4.69, 9.17) is 9.84 Å². The van der Waals surface area contributed by atoms with Gasteiger partial charge < -0.3 is 9.84 Å². The van der Waals surface area contributed by atoms with Crippen molar-refractivity contribution in [2.45, 2.75) is 6.42 Å². The Kier molecular flexibility index (Phi) is 2.83. The zero-order valence-electron chi connectivity index (χ0n) is 8.60. The topological polar surface area (TPSA) is 42.4 Å². The third-order valence-corrected chi connectivity index (χ3v) is 2.37. The summed E-state index contributed by atoms with van der Waals surface area (Å²) in [6, 6.07) is 9.77. The largest absolute Gasteiger partial charge is 0.481 e. The number of ether oxygens (including phenoxy) is 1. The van der Waals surface area contributed by atoms with E-state index in [-0.39, 0.29) is 6.61 Å². The Bertz CT molecular complexity index is 468. The molecule has 0 aliphatic carbocycles. The number of pyridine rings is 1. The number of hydrogen-bond donors (Lipinski definition) is 1. The lowest BCUT2D eigenvalue weighted by atomic mass is 10.1. The van der Waals surface area contributed by atoms with E-state index in [2.05, 4.69) is 4.98 Å². The van der Waals surface area contributed by atoms with Gasteiger partial charge in [-0.3, -0.25) is 0 Å². The lowest BCUT2D eigenvalue weighted by molar-refractivity contribution is 0.300. The number of benzene rings is 1. The highest BCUT2D eigenvalue weighted by Gasteiger charge is 2.03. The van der Waals surface area contributed by atoms with Gasteiger partial charge in [-0.05, 0) is 18.1 Å². The van der Waals surface area contributed by atoms with Crippen LogP contribution in [-0.4, -0.2) is 23.8 Å². The molecule has 0 aliphatic rings. The highest BCUT2D eigenvalue weighted by atomic mass is 16.5. The second-order valence-electron chi connectivity index (χ2n) is 3.32. The molecule has 0 bridgehead atoms. The summed E-state index contributed by atoms with van der Waals surface area (Å²) < 4.78 is 5.08. The monoisotopic (exact) mass is 203 g/mol. The van der Waals surface area contributed by atoms with Crippen LogP contribution in [0.2, 0.25) is 0 Å². The van der Waals surface area contributed by atoms with Gasteiger partial charge in [-0.15, -0.1) is 0 Å². The summed E-state index contributed by atoms with van der Waals surface area (Å²) in [7, 11) is 1.60. The van der Waals surface area contributed by atoms with Gasteiger partial charge in [0.15, 0.2) is 0 Å². The Hall–Kier alpha value is -1.61. The summed E-state index contributed by atoms with van der Waals surface area (Å²) >= 11 is 0. The van der Waals surface area contributed by atoms with Gasteiger partial charge in [0.25, 0.3) is 0 Å². The minimum atomic E-state index is 0.137. The lowest BCUT2D eigenvalue weighted by Crippen LogP contribution is -1.95. The molecule has 0 fully saturated rings. The normalized spacial score (nSPS) is 10.5. The minimum absolute atomic E-state index is 0.137. The van der Waals surface area contributed by atoms with Crippen LogP contribution in [-0.2, 0) is 6.42 Å². The van der Waals surface area contributed by atoms with E-state index < -0.39 is 0 Å². The first-order valence-electron chi connectivity index (χ1n) is 4.88. The Morgan fingerprint density at radius 1 is 1.27 bits per heavy atom. The van der Waals surface area contributed by atoms with Crippen LogP contribution in [0.4, 0.5) is 0 Å². The molecule has 0 amide bonds. The predicted molar refractivity (Wildman–Crippen MR) is 59.1 cm³/mol. The molecule has 0 radical (unpaired) electrons. The van der Waals surface area contributed by atoms with Crippen LogP contribution in [0.3, 0.4) is 0 Å². The number of hydrogen-bond acceptors (Lipinski definition) is 3. The van der Waals surface area contributed by atoms with Crippen molar-refractivity contribution in [1.29, 1.82) is 0 Å². The zero-order chi connectivity index (χ0) is 10.7. The fourth-order valence-corrected chi connectivity index (χ4v) is 1.63. The number of fused-ring (bicyclic) bond motifs is 1. The van der Waals surface area contributed by atoms with E-state index in [1.54, 1.807) is 7.11 Å². The van der Waals surface area contributed by atoms with Crippen LogP contribution in [0.5, 0.6) is 5.88 Å². The van der Waals surface area contributed by atoms with Gasteiger partial charge in [0.1, 0.15) is 0 Å². The molecule has 0 saturated carbocycles. The van der Waals surface area contributed by atoms with Gasteiger partial charge in [-0.1, -0.05) is 18.2 Å². The zero-order valence-corrected chi connectivity index (χ0v) is 8.60. The number of aliphatic hydroxyl groups excluding tert-OH is 1. The first kappa shape index (κ1) is 9.93. The molecule has 1 N–H and O–H groups in total. The molecule has 0 spiro atoms. The smallest absolute Gasteiger partial charge is 0.213 e. The summed E-state index contributed by atoms with van der Waals surface area (Å²) in [6.45, 7) is 0.137. The molecular weight excluding hydrogens is 190 g/mol. The van der Waals surface area contributed by atoms with Crippen LogP contribution >= 0.6 is 0 Å². The van der Waals surface area contributed by atoms with Crippen LogP contribution < -0.4 is 4.74 Å². The third kappa shape index (κ3) is 1.92. The quantitative estimate of drug-likeness (QED) is 0.826. The number of nitrogens with zero attached hydrogens (tertiary/aromatic N) is 1. The molecule has 0 unspecified atom stereocenters. The summed E-state index contributed by atoms with van der Waals surface area (Å²) in [4.78, 5) is 4.38. The Labute approximate surface area is 88.3 Å². The fourth-order valence-electron chi connectivity index (χ4n) is 1.63. The molecule has 1 aromatic heterocycles. The average Bonchev–Trinajstić information content (AvgIpc) is 2.29. The average molecular weight is 203 g/mol. The number of methoxy groups -OCH3 is 1. The molecule has 2 aromatic rings. The predicted octanol–water partition coefficient (Wildman–Crippen LogP) is 1.78. The highest BCUT2D eigenvalue weighted by molar-refractivity contribution is 5.82. The van der Waals surface area contributed by atoms with Gasteiger partial charge in [-0.2, -0.15) is 0 Å². The molecule has 3 heteroatoms. The maximum atomic E-state index is 8.95.